The third-order valence-corrected chi connectivity index (χ3v) is 8.22. The third-order valence-electron chi connectivity index (χ3n) is 4.73. The SMILES string of the molecule is CON=C(C(=O)NC1C(=O)N2C(C(=O)[O-])=C(CSc3nnnn3CS(=O)(=O)[O-])CS[C@@H]12)c1nsc(N)n1.[Na+].[Na+]. The largest absolute Gasteiger partial charge is 1.00 e. The molecule has 4 rings (SSSR count). The summed E-state index contributed by atoms with van der Waals surface area (Å²) in [4.78, 5) is 47.1. The standard InChI is InChI=1S/C15H16N10O8S4.2Na/c1-33-20-6(9-18-14(16)36-21-9)10(26)17-7-11(27)25-8(13(28)29)5(2-34-12(7)25)3-35-15-19-22-23-24(15)4-37(30,31)32;;/h7,12H,2-4H2,1H3,(H,17,26)(H,28,29)(H2,16,18,21)(H,30,31,32);;/q;2*+1/p-2/t7?,12-;;/m0../s1. The Bertz CT molecular complexity index is 1430. The Balaban J connectivity index is 0.00000267. The molecule has 1 fully saturated rings. The number of rotatable bonds is 10. The minimum atomic E-state index is -4.67. The van der Waals surface area contributed by atoms with Gasteiger partial charge in [-0.2, -0.15) is 9.36 Å². The van der Waals surface area contributed by atoms with E-state index in [1.165, 1.54) is 18.9 Å². The molecule has 2 aromatic heterocycles. The van der Waals surface area contributed by atoms with Crippen molar-refractivity contribution in [1.29, 1.82) is 0 Å². The second-order valence-electron chi connectivity index (χ2n) is 7.12. The Labute approximate surface area is 276 Å². The molecule has 198 valence electrons. The van der Waals surface area contributed by atoms with Crippen LogP contribution in [0.15, 0.2) is 21.6 Å². The van der Waals surface area contributed by atoms with Crippen molar-refractivity contribution in [2.75, 3.05) is 24.3 Å². The predicted octanol–water partition coefficient (Wildman–Crippen LogP) is -9.84. The van der Waals surface area contributed by atoms with Crippen molar-refractivity contribution in [3.05, 3.63) is 17.1 Å². The zero-order valence-electron chi connectivity index (χ0n) is 20.3. The van der Waals surface area contributed by atoms with E-state index in [-0.39, 0.29) is 104 Å². The van der Waals surface area contributed by atoms with Crippen LogP contribution in [0.5, 0.6) is 0 Å². The number of anilines is 1. The molecule has 2 aliphatic heterocycles. The molecule has 4 heterocycles. The van der Waals surface area contributed by atoms with Crippen molar-refractivity contribution in [2.45, 2.75) is 22.4 Å². The number of hydrogen-bond donors (Lipinski definition) is 2. The van der Waals surface area contributed by atoms with E-state index in [9.17, 15) is 32.5 Å². The molecule has 0 saturated carbocycles. The Morgan fingerprint density at radius 1 is 1.36 bits per heavy atom. The van der Waals surface area contributed by atoms with Crippen LogP contribution < -0.4 is 75.3 Å². The first-order valence-electron chi connectivity index (χ1n) is 9.72. The van der Waals surface area contributed by atoms with Gasteiger partial charge < -0.3 is 30.3 Å². The summed E-state index contributed by atoms with van der Waals surface area (Å²) in [6, 6.07) is -1.09. The summed E-state index contributed by atoms with van der Waals surface area (Å²) >= 11 is 2.87. The summed E-state index contributed by atoms with van der Waals surface area (Å²) in [6.45, 7) is 0. The fraction of sp³-hybridized carbons (Fsp3) is 0.400. The molecule has 0 radical (unpaired) electrons. The molecule has 2 atom stereocenters. The molecule has 2 aliphatic rings. The van der Waals surface area contributed by atoms with Gasteiger partial charge in [0.1, 0.15) is 34.5 Å². The number of aliphatic carboxylic acids is 1. The monoisotopic (exact) mass is 636 g/mol. The van der Waals surface area contributed by atoms with E-state index < -0.39 is 45.2 Å². The van der Waals surface area contributed by atoms with E-state index >= 15 is 0 Å². The van der Waals surface area contributed by atoms with Crippen molar-refractivity contribution >= 4 is 73.8 Å². The number of carboxylic acids is 1. The number of carboxylic acid groups (broad SMARTS) is 1. The number of aromatic nitrogens is 6. The number of tetrazole rings is 1. The number of β-lactam (4-membered cyclic amide) rings is 1. The molecule has 0 aromatic carbocycles. The molecule has 3 N–H and O–H groups in total. The van der Waals surface area contributed by atoms with E-state index in [4.69, 9.17) is 5.73 Å². The van der Waals surface area contributed by atoms with Crippen molar-refractivity contribution in [1.82, 2.24) is 39.8 Å². The van der Waals surface area contributed by atoms with Crippen molar-refractivity contribution in [2.24, 2.45) is 5.16 Å². The number of nitrogens with two attached hydrogens (primary N) is 1. The van der Waals surface area contributed by atoms with Crippen LogP contribution in [0.1, 0.15) is 5.82 Å². The molecular formula is C15H14N10Na2O8S4. The van der Waals surface area contributed by atoms with E-state index in [0.29, 0.717) is 0 Å². The Hall–Kier alpha value is -1.34. The molecule has 18 nitrogen and oxygen atoms in total. The molecule has 1 saturated heterocycles. The Morgan fingerprint density at radius 2 is 2.08 bits per heavy atom. The number of carbonyl (C=O) groups is 3. The molecule has 0 aliphatic carbocycles. The third kappa shape index (κ3) is 7.69. The first kappa shape index (κ1) is 33.9. The summed E-state index contributed by atoms with van der Waals surface area (Å²) in [6.07, 6.45) is 0. The van der Waals surface area contributed by atoms with E-state index in [0.717, 1.165) is 32.9 Å². The molecule has 0 spiro atoms. The zero-order chi connectivity index (χ0) is 26.9. The van der Waals surface area contributed by atoms with Crippen LogP contribution in [-0.4, -0.2) is 101 Å². The first-order chi connectivity index (χ1) is 17.5. The summed E-state index contributed by atoms with van der Waals surface area (Å²) in [5.74, 6) is -4.20. The van der Waals surface area contributed by atoms with Crippen molar-refractivity contribution in [3.63, 3.8) is 0 Å². The Morgan fingerprint density at radius 3 is 2.67 bits per heavy atom. The van der Waals surface area contributed by atoms with Gasteiger partial charge in [0.25, 0.3) is 11.8 Å². The summed E-state index contributed by atoms with van der Waals surface area (Å²) in [7, 11) is -3.47. The molecule has 2 amide bonds. The van der Waals surface area contributed by atoms with Crippen molar-refractivity contribution < 1.29 is 96.4 Å². The van der Waals surface area contributed by atoms with E-state index in [2.05, 4.69) is 40.2 Å². The number of thioether (sulfide) groups is 2. The number of hydrogen-bond acceptors (Lipinski definition) is 18. The molecule has 2 aromatic rings. The minimum Gasteiger partial charge on any atom is -0.747 e. The first-order valence-corrected chi connectivity index (χ1v) is 14.1. The Kier molecular flexibility index (Phi) is 12.2. The summed E-state index contributed by atoms with van der Waals surface area (Å²) in [5.41, 5.74) is 5.10. The minimum absolute atomic E-state index is 0. The van der Waals surface area contributed by atoms with Crippen LogP contribution in [0.3, 0.4) is 0 Å². The summed E-state index contributed by atoms with van der Waals surface area (Å²) in [5, 5.41) is 27.6. The number of amides is 2. The second-order valence-corrected chi connectivity index (χ2v) is 11.3. The topological polar surface area (TPSA) is 264 Å². The fourth-order valence-corrected chi connectivity index (χ4v) is 6.63. The summed E-state index contributed by atoms with van der Waals surface area (Å²) < 4.78 is 37.7. The van der Waals surface area contributed by atoms with E-state index in [1.54, 1.807) is 0 Å². The molecule has 1 unspecified atom stereocenters. The second kappa shape index (κ2) is 14.0. The number of oxime groups is 1. The number of nitrogen functional groups attached to an aromatic ring is 1. The van der Waals surface area contributed by atoms with Crippen molar-refractivity contribution in [3.8, 4) is 0 Å². The van der Waals surface area contributed by atoms with Gasteiger partial charge in [-0.25, -0.2) is 13.1 Å². The van der Waals surface area contributed by atoms with Gasteiger partial charge in [-0.1, -0.05) is 16.9 Å². The van der Waals surface area contributed by atoms with Gasteiger partial charge in [0.05, 0.1) is 11.7 Å². The van der Waals surface area contributed by atoms with Crippen LogP contribution >= 0.6 is 35.1 Å². The smallest absolute Gasteiger partial charge is 0.747 e. The zero-order valence-corrected chi connectivity index (χ0v) is 27.6. The fourth-order valence-electron chi connectivity index (χ4n) is 3.28. The van der Waals surface area contributed by atoms with Gasteiger partial charge >= 0.3 is 59.1 Å². The van der Waals surface area contributed by atoms with Gasteiger partial charge in [-0.3, -0.25) is 14.5 Å². The quantitative estimate of drug-likeness (QED) is 0.0612. The molecule has 39 heavy (non-hydrogen) atoms. The van der Waals surface area contributed by atoms with Gasteiger partial charge in [-0.05, 0) is 16.0 Å². The maximum Gasteiger partial charge on any atom is 1.00 e. The van der Waals surface area contributed by atoms with Gasteiger partial charge in [0.2, 0.25) is 16.7 Å². The molecular weight excluding hydrogens is 622 g/mol. The average molecular weight is 637 g/mol. The average Bonchev–Trinajstić information content (AvgIpc) is 3.45. The number of fused-ring (bicyclic) bond motifs is 1. The van der Waals surface area contributed by atoms with Crippen LogP contribution in [0.4, 0.5) is 5.13 Å². The predicted molar refractivity (Wildman–Crippen MR) is 123 cm³/mol. The van der Waals surface area contributed by atoms with Crippen LogP contribution in [0.2, 0.25) is 0 Å². The van der Waals surface area contributed by atoms with Gasteiger partial charge in [-0.15, -0.1) is 16.9 Å². The number of nitrogens with zero attached hydrogens (tertiary/aromatic N) is 8. The van der Waals surface area contributed by atoms with Gasteiger partial charge in [0.15, 0.2) is 5.13 Å². The van der Waals surface area contributed by atoms with Crippen LogP contribution in [0.25, 0.3) is 0 Å². The maximum atomic E-state index is 12.9. The molecule has 24 heteroatoms. The number of nitrogens with one attached hydrogen (secondary N) is 1. The van der Waals surface area contributed by atoms with Gasteiger partial charge in [0, 0.05) is 23.0 Å². The van der Waals surface area contributed by atoms with E-state index in [1.807, 2.05) is 0 Å². The maximum absolute atomic E-state index is 12.9. The molecule has 0 bridgehead atoms. The van der Waals surface area contributed by atoms with Crippen LogP contribution in [0, 0.1) is 0 Å². The normalized spacial score (nSPS) is 18.9. The number of carbonyl (C=O) groups excluding carboxylic acids is 3. The van der Waals surface area contributed by atoms with Crippen LogP contribution in [-0.2, 0) is 35.2 Å².